The van der Waals surface area contributed by atoms with Crippen LogP contribution in [0.5, 0.6) is 5.75 Å². The van der Waals surface area contributed by atoms with E-state index in [4.69, 9.17) is 4.74 Å². The number of aromatic amines is 1. The minimum Gasteiger partial charge on any atom is -0.497 e. The van der Waals surface area contributed by atoms with Crippen LogP contribution in [0.25, 0.3) is 10.9 Å². The summed E-state index contributed by atoms with van der Waals surface area (Å²) in [5, 5.41) is 0.570. The zero-order chi connectivity index (χ0) is 20.9. The minimum atomic E-state index is -0.157. The van der Waals surface area contributed by atoms with E-state index in [2.05, 4.69) is 27.0 Å². The fourth-order valence-electron chi connectivity index (χ4n) is 3.78. The van der Waals surface area contributed by atoms with E-state index in [0.29, 0.717) is 29.6 Å². The lowest BCUT2D eigenvalue weighted by Gasteiger charge is -2.34. The number of rotatable bonds is 6. The monoisotopic (exact) mass is 406 g/mol. The Labute approximate surface area is 175 Å². The first kappa shape index (κ1) is 20.1. The number of hydrogen-bond donors (Lipinski definition) is 1. The van der Waals surface area contributed by atoms with Gasteiger partial charge in [-0.3, -0.25) is 14.5 Å². The van der Waals surface area contributed by atoms with Gasteiger partial charge < -0.3 is 14.6 Å². The summed E-state index contributed by atoms with van der Waals surface area (Å²) in [6, 6.07) is 15.3. The topological polar surface area (TPSA) is 78.5 Å². The molecule has 4 rings (SSSR count). The van der Waals surface area contributed by atoms with Crippen LogP contribution in [-0.4, -0.2) is 59.0 Å². The number of methoxy groups -OCH3 is 1. The molecular formula is C23H26N4O3. The van der Waals surface area contributed by atoms with Gasteiger partial charge in [-0.1, -0.05) is 24.3 Å². The fourth-order valence-corrected chi connectivity index (χ4v) is 3.78. The normalized spacial score (nSPS) is 14.8. The van der Waals surface area contributed by atoms with E-state index in [0.717, 1.165) is 38.5 Å². The first-order chi connectivity index (χ1) is 14.6. The molecule has 2 aromatic carbocycles. The molecule has 1 aliphatic rings. The van der Waals surface area contributed by atoms with E-state index >= 15 is 0 Å². The van der Waals surface area contributed by atoms with E-state index in [1.54, 1.807) is 13.2 Å². The van der Waals surface area contributed by atoms with E-state index in [9.17, 15) is 9.59 Å². The van der Waals surface area contributed by atoms with Crippen molar-refractivity contribution in [2.24, 2.45) is 0 Å². The van der Waals surface area contributed by atoms with E-state index in [-0.39, 0.29) is 11.5 Å². The summed E-state index contributed by atoms with van der Waals surface area (Å²) in [7, 11) is 1.67. The SMILES string of the molecule is COc1ccc(CN2CCN(C(=O)CCc3nc4ccccc4c(=O)[nH]3)CC2)cc1. The first-order valence-corrected chi connectivity index (χ1v) is 10.2. The number of piperazine rings is 1. The predicted molar refractivity (Wildman–Crippen MR) is 116 cm³/mol. The first-order valence-electron chi connectivity index (χ1n) is 10.2. The van der Waals surface area contributed by atoms with Crippen molar-refractivity contribution in [3.05, 3.63) is 70.3 Å². The second kappa shape index (κ2) is 9.09. The van der Waals surface area contributed by atoms with Gasteiger partial charge in [0.05, 0.1) is 18.0 Å². The van der Waals surface area contributed by atoms with Crippen molar-refractivity contribution >= 4 is 16.8 Å². The number of carbonyl (C=O) groups is 1. The predicted octanol–water partition coefficient (Wildman–Crippen LogP) is 2.21. The number of para-hydroxylation sites is 1. The van der Waals surface area contributed by atoms with Crippen LogP contribution in [0.3, 0.4) is 0 Å². The molecule has 1 amide bonds. The number of aryl methyl sites for hydroxylation is 1. The van der Waals surface area contributed by atoms with E-state index < -0.39 is 0 Å². The van der Waals surface area contributed by atoms with Crippen LogP contribution in [0, 0.1) is 0 Å². The van der Waals surface area contributed by atoms with Crippen LogP contribution < -0.4 is 10.3 Å². The van der Waals surface area contributed by atoms with Crippen molar-refractivity contribution in [3.8, 4) is 5.75 Å². The number of hydrogen-bond acceptors (Lipinski definition) is 5. The van der Waals surface area contributed by atoms with Gasteiger partial charge in [-0.25, -0.2) is 4.98 Å². The van der Waals surface area contributed by atoms with Gasteiger partial charge in [0.2, 0.25) is 5.91 Å². The van der Waals surface area contributed by atoms with Gasteiger partial charge in [-0.2, -0.15) is 0 Å². The number of carbonyl (C=O) groups excluding carboxylic acids is 1. The number of amides is 1. The third-order valence-electron chi connectivity index (χ3n) is 5.53. The van der Waals surface area contributed by atoms with Gasteiger partial charge in [-0.05, 0) is 29.8 Å². The molecule has 2 heterocycles. The fraction of sp³-hybridized carbons (Fsp3) is 0.348. The summed E-state index contributed by atoms with van der Waals surface area (Å²) in [5.41, 5.74) is 1.74. The Bertz CT molecular complexity index is 1070. The molecule has 3 aromatic rings. The number of H-pyrrole nitrogens is 1. The molecule has 0 aliphatic carbocycles. The Morgan fingerprint density at radius 1 is 1.07 bits per heavy atom. The van der Waals surface area contributed by atoms with Crippen molar-refractivity contribution < 1.29 is 9.53 Å². The van der Waals surface area contributed by atoms with Crippen LogP contribution in [-0.2, 0) is 17.8 Å². The van der Waals surface area contributed by atoms with Crippen LogP contribution >= 0.6 is 0 Å². The highest BCUT2D eigenvalue weighted by Crippen LogP contribution is 2.15. The summed E-state index contributed by atoms with van der Waals surface area (Å²) in [4.78, 5) is 36.3. The molecule has 1 fully saturated rings. The highest BCUT2D eigenvalue weighted by Gasteiger charge is 2.21. The van der Waals surface area contributed by atoms with Crippen molar-refractivity contribution in [3.63, 3.8) is 0 Å². The van der Waals surface area contributed by atoms with Crippen molar-refractivity contribution in [1.29, 1.82) is 0 Å². The maximum absolute atomic E-state index is 12.6. The molecule has 7 nitrogen and oxygen atoms in total. The second-order valence-electron chi connectivity index (χ2n) is 7.53. The van der Waals surface area contributed by atoms with Gasteiger partial charge >= 0.3 is 0 Å². The molecule has 1 N–H and O–H groups in total. The zero-order valence-corrected chi connectivity index (χ0v) is 17.1. The molecule has 0 bridgehead atoms. The second-order valence-corrected chi connectivity index (χ2v) is 7.53. The Balaban J connectivity index is 1.27. The molecule has 30 heavy (non-hydrogen) atoms. The van der Waals surface area contributed by atoms with Gasteiger partial charge in [0.1, 0.15) is 11.6 Å². The van der Waals surface area contributed by atoms with Crippen LogP contribution in [0.15, 0.2) is 53.3 Å². The molecule has 0 saturated carbocycles. The number of ether oxygens (including phenoxy) is 1. The standard InChI is InChI=1S/C23H26N4O3/c1-30-18-8-6-17(7-9-18)16-26-12-14-27(15-13-26)22(28)11-10-21-24-20-5-3-2-4-19(20)23(29)25-21/h2-9H,10-16H2,1H3,(H,24,25,29). The average molecular weight is 406 g/mol. The zero-order valence-electron chi connectivity index (χ0n) is 17.1. The Hall–Kier alpha value is -3.19. The molecule has 0 radical (unpaired) electrons. The lowest BCUT2D eigenvalue weighted by molar-refractivity contribution is -0.133. The summed E-state index contributed by atoms with van der Waals surface area (Å²) < 4.78 is 5.20. The minimum absolute atomic E-state index is 0.106. The molecule has 7 heteroatoms. The highest BCUT2D eigenvalue weighted by molar-refractivity contribution is 5.78. The van der Waals surface area contributed by atoms with Gasteiger partial charge in [-0.15, -0.1) is 0 Å². The summed E-state index contributed by atoms with van der Waals surface area (Å²) in [6.45, 7) is 4.01. The smallest absolute Gasteiger partial charge is 0.258 e. The highest BCUT2D eigenvalue weighted by atomic mass is 16.5. The quantitative estimate of drug-likeness (QED) is 0.679. The molecule has 0 atom stereocenters. The lowest BCUT2D eigenvalue weighted by atomic mass is 10.1. The lowest BCUT2D eigenvalue weighted by Crippen LogP contribution is -2.48. The third-order valence-corrected chi connectivity index (χ3v) is 5.53. The molecule has 156 valence electrons. The number of nitrogens with one attached hydrogen (secondary N) is 1. The summed E-state index contributed by atoms with van der Waals surface area (Å²) in [5.74, 6) is 1.52. The molecule has 1 aliphatic heterocycles. The number of aromatic nitrogens is 2. The molecule has 1 aromatic heterocycles. The molecule has 0 unspecified atom stereocenters. The number of nitrogens with zero attached hydrogens (tertiary/aromatic N) is 3. The van der Waals surface area contributed by atoms with Gasteiger partial charge in [0, 0.05) is 45.6 Å². The number of benzene rings is 2. The maximum atomic E-state index is 12.6. The summed E-state index contributed by atoms with van der Waals surface area (Å²) in [6.07, 6.45) is 0.782. The third kappa shape index (κ3) is 4.68. The Morgan fingerprint density at radius 3 is 2.53 bits per heavy atom. The molecular weight excluding hydrogens is 380 g/mol. The van der Waals surface area contributed by atoms with Crippen molar-refractivity contribution in [1.82, 2.24) is 19.8 Å². The van der Waals surface area contributed by atoms with Crippen LogP contribution in [0.1, 0.15) is 17.8 Å². The van der Waals surface area contributed by atoms with E-state index in [1.807, 2.05) is 35.2 Å². The maximum Gasteiger partial charge on any atom is 0.258 e. The average Bonchev–Trinajstić information content (AvgIpc) is 2.78. The Morgan fingerprint density at radius 2 is 1.80 bits per heavy atom. The van der Waals surface area contributed by atoms with Gasteiger partial charge in [0.25, 0.3) is 5.56 Å². The van der Waals surface area contributed by atoms with Crippen LogP contribution in [0.4, 0.5) is 0 Å². The summed E-state index contributed by atoms with van der Waals surface area (Å²) >= 11 is 0. The van der Waals surface area contributed by atoms with Crippen molar-refractivity contribution in [2.45, 2.75) is 19.4 Å². The van der Waals surface area contributed by atoms with Crippen molar-refractivity contribution in [2.75, 3.05) is 33.3 Å². The molecule has 1 saturated heterocycles. The van der Waals surface area contributed by atoms with Gasteiger partial charge in [0.15, 0.2) is 0 Å². The van der Waals surface area contributed by atoms with Crippen LogP contribution in [0.2, 0.25) is 0 Å². The molecule has 0 spiro atoms. The Kier molecular flexibility index (Phi) is 6.09. The van der Waals surface area contributed by atoms with E-state index in [1.165, 1.54) is 5.56 Å². The number of fused-ring (bicyclic) bond motifs is 1. The largest absolute Gasteiger partial charge is 0.497 e.